The van der Waals surface area contributed by atoms with E-state index in [9.17, 15) is 71.6 Å². The molecule has 354 valence electrons. The molecule has 3 aliphatic heterocycles. The number of nitrogens with zero attached hydrogens (tertiary/aromatic N) is 5. The summed E-state index contributed by atoms with van der Waals surface area (Å²) in [6.07, 6.45) is 1.04. The summed E-state index contributed by atoms with van der Waals surface area (Å²) < 4.78 is 141. The van der Waals surface area contributed by atoms with Crippen molar-refractivity contribution in [3.05, 3.63) is 108 Å². The molecule has 30 heteroatoms. The van der Waals surface area contributed by atoms with Crippen molar-refractivity contribution in [1.82, 2.24) is 18.6 Å². The summed E-state index contributed by atoms with van der Waals surface area (Å²) >= 11 is 12.0. The molecule has 66 heavy (non-hydrogen) atoms. The SMILES string of the molecule is CC(C=C1Oc2ccc(Cl)cc2N1Cc1ccccc1S(=O)(=O)O)=c1c(=O)n(C2CCS(=O)(=O)C2)/c(=c2\oc(=C3SC(=S)N(CCS(=O)(=O)O)C3=O)n(CCS(=O)(=O)O)c2=O)n1CC(=O)O. The molecule has 0 aliphatic carbocycles. The van der Waals surface area contributed by atoms with Gasteiger partial charge >= 0.3 is 5.97 Å². The lowest BCUT2D eigenvalue weighted by Crippen LogP contribution is -2.36. The molecule has 5 heterocycles. The second-order valence-corrected chi connectivity index (χ2v) is 23.7. The quantitative estimate of drug-likeness (QED) is 0.100. The second kappa shape index (κ2) is 17.8. The highest BCUT2D eigenvalue weighted by molar-refractivity contribution is 8.30. The fourth-order valence-corrected chi connectivity index (χ4v) is 12.2. The molecule has 1 unspecified atom stereocenters. The minimum atomic E-state index is -4.85. The van der Waals surface area contributed by atoms with Crippen LogP contribution in [-0.2, 0) is 69.4 Å². The van der Waals surface area contributed by atoms with Crippen molar-refractivity contribution in [3.63, 3.8) is 0 Å². The number of imidazole rings is 1. The maximum atomic E-state index is 14.9. The Morgan fingerprint density at radius 3 is 2.24 bits per heavy atom. The number of ether oxygens (including phenoxy) is 1. The number of aliphatic carboxylic acids is 1. The van der Waals surface area contributed by atoms with Crippen LogP contribution in [0.25, 0.3) is 10.5 Å². The number of oxazole rings is 1. The van der Waals surface area contributed by atoms with Gasteiger partial charge in [-0.15, -0.1) is 0 Å². The average Bonchev–Trinajstić information content (AvgIpc) is 3.96. The standard InChI is InChI=1S/C36H34ClN5O18S6/c1-19(14-26-40(23-15-21(37)6-7-24(23)59-26)16-20-4-2-3-5-25(20)66(56,57)58)28-32(45)42(22-8-11-63(48,49)18-22)31(41(28)17-27(43)44)29-33(46)38(9-12-64(50,51)52)35(60-29)30-34(47)39(36(61)62-30)10-13-65(53,54)55/h2-7,14-15,22H,8-13,16-18H2,1H3,(H,43,44)(H,50,51,52)(H,53,54,55)(H,56,57,58)/b26-14?,28-19?,31-29-,35-30?. The Hall–Kier alpha value is -5.11. The number of sulfone groups is 1. The van der Waals surface area contributed by atoms with Crippen molar-refractivity contribution in [2.45, 2.75) is 43.9 Å². The van der Waals surface area contributed by atoms with Crippen LogP contribution in [0.15, 0.2) is 73.3 Å². The molecule has 4 N–H and O–H groups in total. The summed E-state index contributed by atoms with van der Waals surface area (Å²) in [6.45, 7) is -1.66. The Balaban J connectivity index is 1.58. The number of carboxylic acids is 1. The van der Waals surface area contributed by atoms with Crippen LogP contribution in [0, 0.1) is 10.9 Å². The van der Waals surface area contributed by atoms with Crippen LogP contribution in [0.4, 0.5) is 5.69 Å². The van der Waals surface area contributed by atoms with Gasteiger partial charge in [0.15, 0.2) is 21.1 Å². The number of aromatic nitrogens is 3. The van der Waals surface area contributed by atoms with Crippen molar-refractivity contribution in [1.29, 1.82) is 0 Å². The van der Waals surface area contributed by atoms with E-state index in [4.69, 9.17) is 33.0 Å². The first kappa shape index (κ1) is 48.8. The first-order valence-electron chi connectivity index (χ1n) is 18.8. The van der Waals surface area contributed by atoms with Crippen molar-refractivity contribution < 1.29 is 71.2 Å². The largest absolute Gasteiger partial charge is 0.480 e. The molecule has 0 radical (unpaired) electrons. The van der Waals surface area contributed by atoms with Gasteiger partial charge in [0, 0.05) is 24.2 Å². The lowest BCUT2D eigenvalue weighted by atomic mass is 10.2. The molecule has 3 aliphatic rings. The fraction of sp³-hybridized carbons (Fsp3) is 0.306. The zero-order chi connectivity index (χ0) is 48.4. The zero-order valence-electron chi connectivity index (χ0n) is 33.6. The van der Waals surface area contributed by atoms with Gasteiger partial charge in [-0.3, -0.25) is 46.9 Å². The third kappa shape index (κ3) is 10.1. The number of carboxylic acid groups (broad SMARTS) is 1. The number of rotatable bonds is 13. The number of anilines is 1. The maximum absolute atomic E-state index is 14.9. The van der Waals surface area contributed by atoms with Gasteiger partial charge in [-0.25, -0.2) is 8.42 Å². The molecule has 2 fully saturated rings. The Bertz CT molecular complexity index is 3640. The Morgan fingerprint density at radius 1 is 0.955 bits per heavy atom. The summed E-state index contributed by atoms with van der Waals surface area (Å²) in [5.74, 6) is -5.82. The number of benzene rings is 2. The second-order valence-electron chi connectivity index (χ2n) is 14.9. The summed E-state index contributed by atoms with van der Waals surface area (Å²) in [6, 6.07) is 8.66. The molecule has 0 saturated carbocycles. The highest BCUT2D eigenvalue weighted by atomic mass is 35.5. The number of thiocarbonyl (C=S) groups is 1. The van der Waals surface area contributed by atoms with Crippen molar-refractivity contribution in [3.8, 4) is 5.75 Å². The molecule has 4 aromatic rings. The molecular weight excluding hydrogens is 1020 g/mol. The van der Waals surface area contributed by atoms with Gasteiger partial charge in [-0.05, 0) is 60.5 Å². The molecule has 2 saturated heterocycles. The average molecular weight is 1050 g/mol. The van der Waals surface area contributed by atoms with Gasteiger partial charge in [-0.2, -0.15) is 25.3 Å². The normalized spacial score (nSPS) is 20.0. The maximum Gasteiger partial charge on any atom is 0.323 e. The Kier molecular flexibility index (Phi) is 13.2. The number of hydrogen-bond donors (Lipinski definition) is 4. The molecule has 23 nitrogen and oxygen atoms in total. The monoisotopic (exact) mass is 1050 g/mol. The molecule has 2 aromatic heterocycles. The van der Waals surface area contributed by atoms with Crippen molar-refractivity contribution >= 4 is 108 Å². The molecule has 2 aromatic carbocycles. The van der Waals surface area contributed by atoms with Crippen molar-refractivity contribution in [2.75, 3.05) is 34.5 Å². The van der Waals surface area contributed by atoms with Crippen LogP contribution in [0.5, 0.6) is 5.75 Å². The van der Waals surface area contributed by atoms with Crippen LogP contribution in [0.2, 0.25) is 5.02 Å². The van der Waals surface area contributed by atoms with Crippen LogP contribution in [-0.4, -0.2) is 117 Å². The zero-order valence-corrected chi connectivity index (χ0v) is 39.3. The number of carbonyl (C=O) groups excluding carboxylic acids is 1. The highest BCUT2D eigenvalue weighted by Crippen LogP contribution is 2.42. The number of halogens is 1. The van der Waals surface area contributed by atoms with Crippen LogP contribution in [0.1, 0.15) is 24.9 Å². The van der Waals surface area contributed by atoms with E-state index in [1.165, 1.54) is 54.3 Å². The first-order valence-corrected chi connectivity index (χ1v) is 26.9. The van der Waals surface area contributed by atoms with E-state index in [0.717, 1.165) is 20.1 Å². The minimum absolute atomic E-state index is 0.0827. The molecule has 0 spiro atoms. The van der Waals surface area contributed by atoms with E-state index in [-0.39, 0.29) is 45.1 Å². The first-order chi connectivity index (χ1) is 30.6. The number of amides is 1. The molecule has 1 atom stereocenters. The van der Waals surface area contributed by atoms with E-state index < -0.39 is 143 Å². The number of carbonyl (C=O) groups is 2. The highest BCUT2D eigenvalue weighted by Gasteiger charge is 2.37. The number of allylic oxidation sites excluding steroid dienone is 1. The van der Waals surface area contributed by atoms with Gasteiger partial charge < -0.3 is 23.7 Å². The number of hydrogen-bond acceptors (Lipinski definition) is 17. The van der Waals surface area contributed by atoms with Gasteiger partial charge in [0.25, 0.3) is 47.4 Å². The third-order valence-corrected chi connectivity index (χ3v) is 16.1. The van der Waals surface area contributed by atoms with Crippen LogP contribution >= 0.6 is 35.6 Å². The topological polar surface area (TPSA) is 329 Å². The van der Waals surface area contributed by atoms with Gasteiger partial charge in [0.1, 0.15) is 21.1 Å². The predicted molar refractivity (Wildman–Crippen MR) is 238 cm³/mol. The summed E-state index contributed by atoms with van der Waals surface area (Å²) in [4.78, 5) is 57.0. The third-order valence-electron chi connectivity index (χ3n) is 10.3. The Morgan fingerprint density at radius 2 is 1.62 bits per heavy atom. The van der Waals surface area contributed by atoms with E-state index in [1.54, 1.807) is 0 Å². The minimum Gasteiger partial charge on any atom is -0.480 e. The lowest BCUT2D eigenvalue weighted by Gasteiger charge is -2.20. The molecule has 0 bridgehead atoms. The van der Waals surface area contributed by atoms with E-state index >= 15 is 0 Å². The fourth-order valence-electron chi connectivity index (χ4n) is 7.49. The van der Waals surface area contributed by atoms with Gasteiger partial charge in [-0.1, -0.05) is 42.0 Å². The number of thioether (sulfide) groups is 1. The molecular formula is C36H34ClN5O18S6. The molecule has 7 rings (SSSR count). The summed E-state index contributed by atoms with van der Waals surface area (Å²) in [5.41, 5.74) is -4.33. The number of fused-ring (bicyclic) bond motifs is 1. The smallest absolute Gasteiger partial charge is 0.323 e. The van der Waals surface area contributed by atoms with Crippen LogP contribution in [0.3, 0.4) is 0 Å². The summed E-state index contributed by atoms with van der Waals surface area (Å²) in [7, 11) is -18.1. The van der Waals surface area contributed by atoms with Crippen molar-refractivity contribution in [2.24, 2.45) is 0 Å². The van der Waals surface area contributed by atoms with E-state index in [1.807, 2.05) is 0 Å². The predicted octanol–water partition coefficient (Wildman–Crippen LogP) is -0.109. The lowest BCUT2D eigenvalue weighted by molar-refractivity contribution is -0.137. The van der Waals surface area contributed by atoms with E-state index in [2.05, 4.69) is 0 Å². The Labute approximate surface area is 387 Å². The van der Waals surface area contributed by atoms with Gasteiger partial charge in [0.2, 0.25) is 16.8 Å². The summed E-state index contributed by atoms with van der Waals surface area (Å²) in [5, 5.41) is 10.0. The van der Waals surface area contributed by atoms with Gasteiger partial charge in [0.05, 0.1) is 46.2 Å². The molecule has 1 amide bonds. The van der Waals surface area contributed by atoms with E-state index in [0.29, 0.717) is 22.0 Å². The van der Waals surface area contributed by atoms with Crippen LogP contribution < -0.4 is 31.7 Å².